The molecule has 2 aliphatic rings. The summed E-state index contributed by atoms with van der Waals surface area (Å²) in [6, 6.07) is 0. The Kier molecular flexibility index (Phi) is 3.25. The molecule has 1 amide bonds. The molecule has 0 aromatic rings. The lowest BCUT2D eigenvalue weighted by Gasteiger charge is -2.49. The molecule has 2 saturated heterocycles. The van der Waals surface area contributed by atoms with Crippen LogP contribution in [0.4, 0.5) is 4.79 Å². The van der Waals surface area contributed by atoms with Gasteiger partial charge in [-0.15, -0.1) is 0 Å². The molecule has 1 atom stereocenters. The van der Waals surface area contributed by atoms with E-state index in [-0.39, 0.29) is 16.8 Å². The summed E-state index contributed by atoms with van der Waals surface area (Å²) in [6.07, 6.45) is 0.354. The molecule has 2 fully saturated rings. The van der Waals surface area contributed by atoms with Gasteiger partial charge < -0.3 is 14.7 Å². The number of likely N-dealkylation sites (tertiary alicyclic amines) is 1. The Morgan fingerprint density at radius 1 is 1.39 bits per heavy atom. The van der Waals surface area contributed by atoms with Gasteiger partial charge in [-0.25, -0.2) is 4.79 Å². The summed E-state index contributed by atoms with van der Waals surface area (Å²) >= 11 is 1.68. The molecule has 0 radical (unpaired) electrons. The molecule has 5 nitrogen and oxygen atoms in total. The van der Waals surface area contributed by atoms with Crippen LogP contribution in [0.5, 0.6) is 0 Å². The van der Waals surface area contributed by atoms with Crippen molar-refractivity contribution in [1.82, 2.24) is 4.90 Å². The summed E-state index contributed by atoms with van der Waals surface area (Å²) < 4.78 is 5.00. The molecule has 0 aromatic carbocycles. The number of nitrogens with zero attached hydrogens (tertiary/aromatic N) is 1. The van der Waals surface area contributed by atoms with Gasteiger partial charge >= 0.3 is 12.1 Å². The maximum Gasteiger partial charge on any atom is 0.410 e. The average Bonchev–Trinajstić information content (AvgIpc) is 2.55. The highest BCUT2D eigenvalue weighted by molar-refractivity contribution is 8.01. The third kappa shape index (κ3) is 2.43. The summed E-state index contributed by atoms with van der Waals surface area (Å²) in [5.74, 6) is -0.218. The summed E-state index contributed by atoms with van der Waals surface area (Å²) in [4.78, 5) is 24.6. The topological polar surface area (TPSA) is 66.8 Å². The standard InChI is InChI=1S/C12H19NO4S/c1-11(2,3)17-10(16)13-6-12(7-13)8(9(14)15)4-5-18-12/h8H,4-7H2,1-3H3,(H,14,15). The predicted molar refractivity (Wildman–Crippen MR) is 68.7 cm³/mol. The van der Waals surface area contributed by atoms with Gasteiger partial charge in [-0.3, -0.25) is 4.79 Å². The Balaban J connectivity index is 1.93. The Morgan fingerprint density at radius 3 is 2.50 bits per heavy atom. The summed E-state index contributed by atoms with van der Waals surface area (Å²) in [5.41, 5.74) is -0.505. The van der Waals surface area contributed by atoms with E-state index in [2.05, 4.69) is 0 Å². The van der Waals surface area contributed by atoms with E-state index in [0.29, 0.717) is 19.5 Å². The number of aliphatic carboxylic acids is 1. The second kappa shape index (κ2) is 4.33. The van der Waals surface area contributed by atoms with Gasteiger partial charge in [0.05, 0.1) is 10.7 Å². The van der Waals surface area contributed by atoms with Gasteiger partial charge in [0.15, 0.2) is 0 Å². The van der Waals surface area contributed by atoms with Crippen molar-refractivity contribution in [2.24, 2.45) is 5.92 Å². The van der Waals surface area contributed by atoms with Crippen molar-refractivity contribution in [3.8, 4) is 0 Å². The largest absolute Gasteiger partial charge is 0.481 e. The van der Waals surface area contributed by atoms with E-state index in [1.807, 2.05) is 20.8 Å². The van der Waals surface area contributed by atoms with E-state index in [0.717, 1.165) is 5.75 Å². The van der Waals surface area contributed by atoms with Gasteiger partial charge in [-0.05, 0) is 32.9 Å². The molecule has 102 valence electrons. The number of carbonyl (C=O) groups is 2. The molecule has 1 unspecified atom stereocenters. The fourth-order valence-corrected chi connectivity index (χ4v) is 4.13. The van der Waals surface area contributed by atoms with Crippen LogP contribution in [0.2, 0.25) is 0 Å². The van der Waals surface area contributed by atoms with Crippen molar-refractivity contribution >= 4 is 23.8 Å². The number of ether oxygens (including phenoxy) is 1. The molecule has 1 N–H and O–H groups in total. The van der Waals surface area contributed by atoms with Crippen LogP contribution in [0.3, 0.4) is 0 Å². The summed E-state index contributed by atoms with van der Waals surface area (Å²) in [6.45, 7) is 6.45. The quantitative estimate of drug-likeness (QED) is 0.789. The first-order valence-corrected chi connectivity index (χ1v) is 7.07. The summed E-state index contributed by atoms with van der Waals surface area (Å²) in [5, 5.41) is 9.18. The van der Waals surface area contributed by atoms with Gasteiger partial charge in [-0.1, -0.05) is 0 Å². The van der Waals surface area contributed by atoms with Crippen LogP contribution in [-0.4, -0.2) is 51.3 Å². The van der Waals surface area contributed by atoms with E-state index < -0.39 is 11.6 Å². The SMILES string of the molecule is CC(C)(C)OC(=O)N1CC2(C1)SCCC2C(=O)O. The molecule has 2 aliphatic heterocycles. The fraction of sp³-hybridized carbons (Fsp3) is 0.833. The van der Waals surface area contributed by atoms with E-state index in [1.54, 1.807) is 16.7 Å². The average molecular weight is 273 g/mol. The zero-order valence-corrected chi connectivity index (χ0v) is 11.7. The first kappa shape index (κ1) is 13.5. The Bertz CT molecular complexity index is 371. The first-order chi connectivity index (χ1) is 8.23. The van der Waals surface area contributed by atoms with Crippen molar-refractivity contribution in [1.29, 1.82) is 0 Å². The van der Waals surface area contributed by atoms with Crippen LogP contribution in [-0.2, 0) is 9.53 Å². The smallest absolute Gasteiger partial charge is 0.410 e. The van der Waals surface area contributed by atoms with Gasteiger partial charge in [-0.2, -0.15) is 11.8 Å². The fourth-order valence-electron chi connectivity index (χ4n) is 2.46. The Labute approximate surface area is 111 Å². The molecule has 0 aromatic heterocycles. The molecule has 2 rings (SSSR count). The van der Waals surface area contributed by atoms with Crippen LogP contribution in [0.15, 0.2) is 0 Å². The Hall–Kier alpha value is -0.910. The molecule has 2 heterocycles. The van der Waals surface area contributed by atoms with Crippen molar-refractivity contribution < 1.29 is 19.4 Å². The number of rotatable bonds is 1. The van der Waals surface area contributed by atoms with E-state index in [4.69, 9.17) is 4.74 Å². The predicted octanol–water partition coefficient (Wildman–Crippen LogP) is 1.81. The molecule has 1 spiro atoms. The minimum atomic E-state index is -0.746. The molecular formula is C12H19NO4S. The second-order valence-corrected chi connectivity index (χ2v) is 7.44. The van der Waals surface area contributed by atoms with Gasteiger partial charge in [0, 0.05) is 13.1 Å². The zero-order valence-electron chi connectivity index (χ0n) is 10.9. The Morgan fingerprint density at radius 2 is 2.00 bits per heavy atom. The summed E-state index contributed by atoms with van der Waals surface area (Å²) in [7, 11) is 0. The minimum absolute atomic E-state index is 0.275. The minimum Gasteiger partial charge on any atom is -0.481 e. The monoisotopic (exact) mass is 273 g/mol. The third-order valence-electron chi connectivity index (χ3n) is 3.30. The molecule has 0 saturated carbocycles. The van der Waals surface area contributed by atoms with Crippen LogP contribution >= 0.6 is 11.8 Å². The number of hydrogen-bond donors (Lipinski definition) is 1. The first-order valence-electron chi connectivity index (χ1n) is 6.08. The lowest BCUT2D eigenvalue weighted by atomic mass is 9.83. The number of amides is 1. The lowest BCUT2D eigenvalue weighted by molar-refractivity contribution is -0.144. The number of carboxylic acids is 1. The highest BCUT2D eigenvalue weighted by atomic mass is 32.2. The van der Waals surface area contributed by atoms with Gasteiger partial charge in [0.1, 0.15) is 5.60 Å². The van der Waals surface area contributed by atoms with Crippen molar-refractivity contribution in [2.45, 2.75) is 37.5 Å². The zero-order chi connectivity index (χ0) is 13.6. The number of carbonyl (C=O) groups excluding carboxylic acids is 1. The van der Waals surface area contributed by atoms with Crippen LogP contribution in [0.1, 0.15) is 27.2 Å². The van der Waals surface area contributed by atoms with Crippen molar-refractivity contribution in [3.63, 3.8) is 0 Å². The molecule has 0 bridgehead atoms. The van der Waals surface area contributed by atoms with Gasteiger partial charge in [0.25, 0.3) is 0 Å². The lowest BCUT2D eigenvalue weighted by Crippen LogP contribution is -2.65. The highest BCUT2D eigenvalue weighted by Gasteiger charge is 2.57. The van der Waals surface area contributed by atoms with Crippen molar-refractivity contribution in [3.05, 3.63) is 0 Å². The molecule has 6 heteroatoms. The maximum atomic E-state index is 11.8. The number of hydrogen-bond acceptors (Lipinski definition) is 4. The van der Waals surface area contributed by atoms with Crippen molar-refractivity contribution in [2.75, 3.05) is 18.8 Å². The van der Waals surface area contributed by atoms with E-state index >= 15 is 0 Å². The number of thioether (sulfide) groups is 1. The normalized spacial score (nSPS) is 25.9. The highest BCUT2D eigenvalue weighted by Crippen LogP contribution is 2.49. The molecular weight excluding hydrogens is 254 g/mol. The second-order valence-electron chi connectivity index (χ2n) is 5.93. The number of carboxylic acid groups (broad SMARTS) is 1. The van der Waals surface area contributed by atoms with E-state index in [1.165, 1.54) is 0 Å². The van der Waals surface area contributed by atoms with Crippen LogP contribution in [0.25, 0.3) is 0 Å². The molecule has 18 heavy (non-hydrogen) atoms. The third-order valence-corrected chi connectivity index (χ3v) is 4.86. The van der Waals surface area contributed by atoms with Gasteiger partial charge in [0.2, 0.25) is 0 Å². The van der Waals surface area contributed by atoms with E-state index in [9.17, 15) is 14.7 Å². The maximum absolute atomic E-state index is 11.8. The molecule has 0 aliphatic carbocycles. The van der Waals surface area contributed by atoms with Crippen LogP contribution < -0.4 is 0 Å². The van der Waals surface area contributed by atoms with Crippen LogP contribution in [0, 0.1) is 5.92 Å².